The first-order valence-corrected chi connectivity index (χ1v) is 9.05. The second-order valence-electron chi connectivity index (χ2n) is 6.27. The van der Waals surface area contributed by atoms with Crippen LogP contribution in [0.15, 0.2) is 42.5 Å². The molecule has 10 heteroatoms. The van der Waals surface area contributed by atoms with Gasteiger partial charge in [0.1, 0.15) is 6.61 Å². The highest BCUT2D eigenvalue weighted by Crippen LogP contribution is 2.41. The highest BCUT2D eigenvalue weighted by atomic mass is 16.6. The number of carbonyl (C=O) groups is 1. The number of tetrazole rings is 1. The number of fused-ring (bicyclic) bond motifs is 1. The average Bonchev–Trinajstić information content (AvgIpc) is 3.32. The number of methoxy groups -OCH3 is 2. The summed E-state index contributed by atoms with van der Waals surface area (Å²) in [6.45, 7) is 0.250. The molecule has 2 N–H and O–H groups in total. The zero-order chi connectivity index (χ0) is 20.9. The average molecular weight is 409 g/mol. The molecule has 30 heavy (non-hydrogen) atoms. The van der Waals surface area contributed by atoms with Gasteiger partial charge in [-0.25, -0.2) is 5.10 Å². The van der Waals surface area contributed by atoms with Crippen molar-refractivity contribution in [3.8, 4) is 23.0 Å². The fourth-order valence-electron chi connectivity index (χ4n) is 2.93. The molecular formula is C20H19N5O5. The molecule has 10 nitrogen and oxygen atoms in total. The van der Waals surface area contributed by atoms with E-state index in [2.05, 4.69) is 25.9 Å². The number of hydrogen-bond acceptors (Lipinski definition) is 8. The molecule has 1 aromatic heterocycles. The Morgan fingerprint density at radius 2 is 2.10 bits per heavy atom. The molecule has 1 atom stereocenters. The molecule has 0 bridgehead atoms. The van der Waals surface area contributed by atoms with Crippen molar-refractivity contribution < 1.29 is 23.7 Å². The summed E-state index contributed by atoms with van der Waals surface area (Å²) in [6.07, 6.45) is 2.59. The molecule has 0 saturated heterocycles. The van der Waals surface area contributed by atoms with E-state index in [1.165, 1.54) is 6.08 Å². The Kier molecular flexibility index (Phi) is 5.46. The van der Waals surface area contributed by atoms with Crippen molar-refractivity contribution in [2.75, 3.05) is 26.1 Å². The molecule has 1 unspecified atom stereocenters. The van der Waals surface area contributed by atoms with Gasteiger partial charge in [0.2, 0.25) is 5.91 Å². The third-order valence-electron chi connectivity index (χ3n) is 4.39. The molecule has 0 aliphatic carbocycles. The number of carbonyl (C=O) groups excluding carboxylic acids is 1. The first-order chi connectivity index (χ1) is 14.7. The van der Waals surface area contributed by atoms with Crippen molar-refractivity contribution in [1.82, 2.24) is 20.6 Å². The summed E-state index contributed by atoms with van der Waals surface area (Å²) in [5.41, 5.74) is 1.27. The summed E-state index contributed by atoms with van der Waals surface area (Å²) in [5.74, 6) is 2.25. The molecule has 4 rings (SSSR count). The number of hydrogen-bond donors (Lipinski definition) is 2. The van der Waals surface area contributed by atoms with Gasteiger partial charge in [-0.05, 0) is 46.3 Å². The van der Waals surface area contributed by atoms with Gasteiger partial charge in [-0.2, -0.15) is 0 Å². The lowest BCUT2D eigenvalue weighted by Gasteiger charge is -2.26. The molecule has 1 aliphatic rings. The summed E-state index contributed by atoms with van der Waals surface area (Å²) in [7, 11) is 3.12. The molecule has 0 spiro atoms. The minimum Gasteiger partial charge on any atom is -0.493 e. The van der Waals surface area contributed by atoms with E-state index in [4.69, 9.17) is 18.9 Å². The Labute approximate surface area is 171 Å². The van der Waals surface area contributed by atoms with Gasteiger partial charge in [0.15, 0.2) is 34.9 Å². The lowest BCUT2D eigenvalue weighted by atomic mass is 10.2. The minimum atomic E-state index is -0.507. The van der Waals surface area contributed by atoms with Gasteiger partial charge < -0.3 is 24.3 Å². The fraction of sp³-hybridized carbons (Fsp3) is 0.200. The zero-order valence-electron chi connectivity index (χ0n) is 16.3. The Hall–Kier alpha value is -4.08. The monoisotopic (exact) mass is 409 g/mol. The van der Waals surface area contributed by atoms with Crippen LogP contribution in [0.3, 0.4) is 0 Å². The number of nitrogens with zero attached hydrogens (tertiary/aromatic N) is 3. The Balaban J connectivity index is 1.49. The maximum Gasteiger partial charge on any atom is 0.248 e. The van der Waals surface area contributed by atoms with E-state index in [-0.39, 0.29) is 12.5 Å². The van der Waals surface area contributed by atoms with Crippen molar-refractivity contribution in [2.24, 2.45) is 0 Å². The van der Waals surface area contributed by atoms with Crippen molar-refractivity contribution in [1.29, 1.82) is 0 Å². The Morgan fingerprint density at radius 1 is 1.23 bits per heavy atom. The molecular weight excluding hydrogens is 390 g/mol. The second kappa shape index (κ2) is 8.52. The number of nitrogens with one attached hydrogen (secondary N) is 2. The maximum absolute atomic E-state index is 12.5. The van der Waals surface area contributed by atoms with Gasteiger partial charge in [0.05, 0.1) is 19.9 Å². The van der Waals surface area contributed by atoms with Crippen LogP contribution in [-0.4, -0.2) is 47.4 Å². The summed E-state index contributed by atoms with van der Waals surface area (Å²) < 4.78 is 22.2. The van der Waals surface area contributed by atoms with Crippen LogP contribution >= 0.6 is 0 Å². The standard InChI is InChI=1S/C20H19N5O5/c1-27-14-8-6-12(10-16(14)28-2)7-9-18(26)21-13-4-3-5-15-19(13)30-17(11-29-15)20-22-24-25-23-20/h3-10,17H,11H2,1-2H3,(H,21,26)(H,22,23,24,25)/b9-7+. The van der Waals surface area contributed by atoms with E-state index >= 15 is 0 Å². The first kappa shape index (κ1) is 19.2. The maximum atomic E-state index is 12.5. The molecule has 1 amide bonds. The van der Waals surface area contributed by atoms with Crippen LogP contribution < -0.4 is 24.3 Å². The van der Waals surface area contributed by atoms with Crippen LogP contribution in [0.2, 0.25) is 0 Å². The molecule has 0 fully saturated rings. The van der Waals surface area contributed by atoms with Crippen LogP contribution in [0.4, 0.5) is 5.69 Å². The molecule has 0 radical (unpaired) electrons. The summed E-state index contributed by atoms with van der Waals surface area (Å²) >= 11 is 0. The zero-order valence-corrected chi connectivity index (χ0v) is 16.3. The third-order valence-corrected chi connectivity index (χ3v) is 4.39. The number of aromatic amines is 1. The fourth-order valence-corrected chi connectivity index (χ4v) is 2.93. The topological polar surface area (TPSA) is 120 Å². The predicted molar refractivity (Wildman–Crippen MR) is 107 cm³/mol. The van der Waals surface area contributed by atoms with E-state index < -0.39 is 6.10 Å². The number of para-hydroxylation sites is 1. The highest BCUT2D eigenvalue weighted by Gasteiger charge is 2.27. The van der Waals surface area contributed by atoms with Gasteiger partial charge in [-0.3, -0.25) is 4.79 Å². The smallest absolute Gasteiger partial charge is 0.248 e. The Morgan fingerprint density at radius 3 is 2.87 bits per heavy atom. The number of ether oxygens (including phenoxy) is 4. The van der Waals surface area contributed by atoms with Gasteiger partial charge in [0.25, 0.3) is 0 Å². The van der Waals surface area contributed by atoms with Crippen LogP contribution in [0.5, 0.6) is 23.0 Å². The first-order valence-electron chi connectivity index (χ1n) is 9.05. The number of rotatable bonds is 6. The van der Waals surface area contributed by atoms with E-state index in [0.29, 0.717) is 34.5 Å². The normalized spacial score (nSPS) is 15.1. The van der Waals surface area contributed by atoms with Gasteiger partial charge in [-0.15, -0.1) is 5.10 Å². The van der Waals surface area contributed by atoms with Crippen molar-refractivity contribution in [3.05, 3.63) is 53.9 Å². The van der Waals surface area contributed by atoms with E-state index in [9.17, 15) is 4.79 Å². The molecule has 2 aromatic carbocycles. The second-order valence-corrected chi connectivity index (χ2v) is 6.27. The predicted octanol–water partition coefficient (Wildman–Crippen LogP) is 2.38. The van der Waals surface area contributed by atoms with Gasteiger partial charge >= 0.3 is 0 Å². The lowest BCUT2D eigenvalue weighted by molar-refractivity contribution is -0.111. The van der Waals surface area contributed by atoms with Crippen molar-refractivity contribution in [3.63, 3.8) is 0 Å². The summed E-state index contributed by atoms with van der Waals surface area (Å²) in [5, 5.41) is 16.4. The van der Waals surface area contributed by atoms with Crippen molar-refractivity contribution in [2.45, 2.75) is 6.10 Å². The molecule has 3 aromatic rings. The SMILES string of the molecule is COc1ccc(/C=C/C(=O)Nc2cccc3c2OC(c2nnn[nH]2)CO3)cc1OC. The van der Waals surface area contributed by atoms with E-state index in [1.807, 2.05) is 6.07 Å². The molecule has 0 saturated carbocycles. The quantitative estimate of drug-likeness (QED) is 0.596. The van der Waals surface area contributed by atoms with Crippen LogP contribution in [0.25, 0.3) is 6.08 Å². The largest absolute Gasteiger partial charge is 0.493 e. The van der Waals surface area contributed by atoms with Crippen LogP contribution in [0, 0.1) is 0 Å². The number of aromatic nitrogens is 4. The van der Waals surface area contributed by atoms with Crippen molar-refractivity contribution >= 4 is 17.7 Å². The number of H-pyrrole nitrogens is 1. The minimum absolute atomic E-state index is 0.250. The number of anilines is 1. The molecule has 154 valence electrons. The van der Waals surface area contributed by atoms with Gasteiger partial charge in [-0.1, -0.05) is 12.1 Å². The molecule has 2 heterocycles. The number of benzene rings is 2. The summed E-state index contributed by atoms with van der Waals surface area (Å²) in [4.78, 5) is 12.5. The summed E-state index contributed by atoms with van der Waals surface area (Å²) in [6, 6.07) is 10.6. The lowest BCUT2D eigenvalue weighted by Crippen LogP contribution is -2.24. The van der Waals surface area contributed by atoms with Crippen LogP contribution in [0.1, 0.15) is 17.5 Å². The third kappa shape index (κ3) is 4.02. The van der Waals surface area contributed by atoms with Crippen LogP contribution in [-0.2, 0) is 4.79 Å². The van der Waals surface area contributed by atoms with Gasteiger partial charge in [0, 0.05) is 6.08 Å². The molecule has 1 aliphatic heterocycles. The highest BCUT2D eigenvalue weighted by molar-refractivity contribution is 6.03. The van der Waals surface area contributed by atoms with E-state index in [0.717, 1.165) is 5.56 Å². The number of amides is 1. The van der Waals surface area contributed by atoms with E-state index in [1.54, 1.807) is 50.6 Å². The Bertz CT molecular complexity index is 1070.